The Balaban J connectivity index is 1.14. The Bertz CT molecular complexity index is 4430. The van der Waals surface area contributed by atoms with Crippen molar-refractivity contribution in [3.05, 3.63) is 222 Å². The number of rotatable bonds is 8. The zero-order chi connectivity index (χ0) is 49.9. The number of hydrogen-bond donors (Lipinski definition) is 0. The average Bonchev–Trinajstić information content (AvgIpc) is 4.03. The van der Waals surface area contributed by atoms with Gasteiger partial charge in [0.25, 0.3) is 0 Å². The summed E-state index contributed by atoms with van der Waals surface area (Å²) in [5, 5.41) is 25.3. The van der Waals surface area contributed by atoms with E-state index in [-0.39, 0.29) is 11.8 Å². The number of nitriles is 1. The van der Waals surface area contributed by atoms with Crippen molar-refractivity contribution >= 4 is 138 Å². The number of para-hydroxylation sites is 4. The highest BCUT2D eigenvalue weighted by Crippen LogP contribution is 2.54. The molecular weight excluding hydrogens is 905 g/mol. The van der Waals surface area contributed by atoms with Gasteiger partial charge < -0.3 is 18.6 Å². The summed E-state index contributed by atoms with van der Waals surface area (Å²) in [6, 6.07) is 70.6. The van der Waals surface area contributed by atoms with E-state index in [0.29, 0.717) is 11.3 Å². The summed E-state index contributed by atoms with van der Waals surface area (Å²) in [7, 11) is 0. The second-order valence-corrected chi connectivity index (χ2v) is 20.1. The number of hydrogen-bond acceptors (Lipinski definition) is 5. The Labute approximate surface area is 427 Å². The first-order valence-electron chi connectivity index (χ1n) is 25.3. The molecule has 0 fully saturated rings. The van der Waals surface area contributed by atoms with Gasteiger partial charge >= 0.3 is 0 Å². The molecule has 0 radical (unpaired) electrons. The van der Waals surface area contributed by atoms with Crippen LogP contribution in [-0.2, 0) is 0 Å². The van der Waals surface area contributed by atoms with E-state index in [1.165, 1.54) is 32.7 Å². The molecule has 0 aliphatic carbocycles. The van der Waals surface area contributed by atoms with Gasteiger partial charge in [-0.2, -0.15) is 5.26 Å². The van der Waals surface area contributed by atoms with E-state index in [9.17, 15) is 5.26 Å². The maximum absolute atomic E-state index is 10.4. The molecule has 0 saturated carbocycles. The predicted octanol–water partition coefficient (Wildman–Crippen LogP) is 20.3. The average molecular weight is 951 g/mol. The molecule has 14 aromatic rings. The Morgan fingerprint density at radius 1 is 0.392 bits per heavy atom. The van der Waals surface area contributed by atoms with Gasteiger partial charge in [-0.3, -0.25) is 0 Å². The molecule has 2 heterocycles. The third-order valence-electron chi connectivity index (χ3n) is 15.4. The van der Waals surface area contributed by atoms with Crippen LogP contribution in [0.15, 0.2) is 203 Å². The Kier molecular flexibility index (Phi) is 9.61. The smallest absolute Gasteiger partial charge is 0.195 e. The SMILES string of the molecule is [C-]#[N+]c1ccc(N(c2cc(C(C)C)c3ccc4c(N(c5ccc(C#N)c6ccccc56)c5cccc6c5oc5ccccc56)cc(C(C)C)c5ccc2c3c54)c2cccc3c2oc2ccccc23)c2ccccc12. The van der Waals surface area contributed by atoms with Gasteiger partial charge in [-0.1, -0.05) is 167 Å². The van der Waals surface area contributed by atoms with Crippen molar-refractivity contribution in [3.63, 3.8) is 0 Å². The van der Waals surface area contributed by atoms with Gasteiger partial charge in [0, 0.05) is 43.1 Å². The molecule has 6 heteroatoms. The normalized spacial score (nSPS) is 12.0. The van der Waals surface area contributed by atoms with Crippen molar-refractivity contribution in [1.29, 1.82) is 5.26 Å². The number of nitrogens with zero attached hydrogens (tertiary/aromatic N) is 4. The van der Waals surface area contributed by atoms with Crippen molar-refractivity contribution in [2.45, 2.75) is 39.5 Å². The molecule has 6 nitrogen and oxygen atoms in total. The first-order valence-corrected chi connectivity index (χ1v) is 25.3. The van der Waals surface area contributed by atoms with E-state index in [1.807, 2.05) is 54.6 Å². The quantitative estimate of drug-likeness (QED) is 0.112. The lowest BCUT2D eigenvalue weighted by atomic mass is 9.84. The zero-order valence-electron chi connectivity index (χ0n) is 41.2. The van der Waals surface area contributed by atoms with Crippen LogP contribution in [0, 0.1) is 17.9 Å². The summed E-state index contributed by atoms with van der Waals surface area (Å²) >= 11 is 0. The van der Waals surface area contributed by atoms with E-state index < -0.39 is 0 Å². The third kappa shape index (κ3) is 6.22. The monoisotopic (exact) mass is 950 g/mol. The van der Waals surface area contributed by atoms with Crippen molar-refractivity contribution < 1.29 is 8.83 Å². The van der Waals surface area contributed by atoms with E-state index in [4.69, 9.17) is 15.4 Å². The fourth-order valence-electron chi connectivity index (χ4n) is 12.1. The Hall–Kier alpha value is -9.62. The molecule has 0 saturated heterocycles. The van der Waals surface area contributed by atoms with Gasteiger partial charge in [0.1, 0.15) is 11.2 Å². The molecule has 0 aliphatic rings. The largest absolute Gasteiger partial charge is 0.454 e. The van der Waals surface area contributed by atoms with Crippen molar-refractivity contribution in [2.75, 3.05) is 9.80 Å². The Morgan fingerprint density at radius 2 is 0.811 bits per heavy atom. The lowest BCUT2D eigenvalue weighted by Crippen LogP contribution is -2.14. The minimum absolute atomic E-state index is 0.151. The van der Waals surface area contributed by atoms with Crippen LogP contribution in [0.25, 0.3) is 103 Å². The number of benzene rings is 12. The second-order valence-electron chi connectivity index (χ2n) is 20.1. The maximum Gasteiger partial charge on any atom is 0.195 e. The van der Waals surface area contributed by atoms with Crippen LogP contribution in [0.3, 0.4) is 0 Å². The molecule has 350 valence electrons. The van der Waals surface area contributed by atoms with Crippen LogP contribution < -0.4 is 9.80 Å². The first kappa shape index (κ1) is 43.2. The van der Waals surface area contributed by atoms with Gasteiger partial charge in [0.2, 0.25) is 0 Å². The van der Waals surface area contributed by atoms with Crippen LogP contribution in [0.1, 0.15) is 56.2 Å². The van der Waals surface area contributed by atoms with E-state index >= 15 is 0 Å². The molecule has 12 aromatic carbocycles. The molecule has 2 aromatic heterocycles. The molecule has 0 unspecified atom stereocenters. The molecule has 0 amide bonds. The fourth-order valence-corrected chi connectivity index (χ4v) is 12.1. The molecule has 0 bridgehead atoms. The predicted molar refractivity (Wildman–Crippen MR) is 308 cm³/mol. The Morgan fingerprint density at radius 3 is 1.30 bits per heavy atom. The standard InChI is InChI=1S/C68H46N4O2/c1-39(2)54-36-61(71(57-34-28-41(38-69)42-16-6-8-18-44(42)57)59-24-14-22-50-46-20-10-12-26-63(46)73-67(50)59)52-31-29-49-55(40(3)4)37-62(53-32-30-48(54)65(52)66(49)53)72(58-35-33-56(70-5)43-17-7-9-19-45(43)58)60-25-15-23-51-47-21-11-13-27-64(47)74-68(51)60/h6-37,39-40H,1-4H3. The zero-order valence-corrected chi connectivity index (χ0v) is 41.2. The summed E-state index contributed by atoms with van der Waals surface area (Å²) in [4.78, 5) is 8.77. The van der Waals surface area contributed by atoms with E-state index in [0.717, 1.165) is 110 Å². The first-order chi connectivity index (χ1) is 36.3. The molecule has 74 heavy (non-hydrogen) atoms. The lowest BCUT2D eigenvalue weighted by molar-refractivity contribution is 0.669. The van der Waals surface area contributed by atoms with Crippen LogP contribution in [0.5, 0.6) is 0 Å². The highest BCUT2D eigenvalue weighted by atomic mass is 16.3. The van der Waals surface area contributed by atoms with Gasteiger partial charge in [-0.25, -0.2) is 4.85 Å². The van der Waals surface area contributed by atoms with Gasteiger partial charge in [0.05, 0.1) is 52.3 Å². The van der Waals surface area contributed by atoms with Gasteiger partial charge in [0.15, 0.2) is 16.9 Å². The number of fused-ring (bicyclic) bond motifs is 8. The van der Waals surface area contributed by atoms with E-state index in [2.05, 4.69) is 188 Å². The number of anilines is 6. The fraction of sp³-hybridized carbons (Fsp3) is 0.0882. The highest BCUT2D eigenvalue weighted by molar-refractivity contribution is 6.30. The summed E-state index contributed by atoms with van der Waals surface area (Å²) in [5.41, 5.74) is 12.6. The third-order valence-corrected chi connectivity index (χ3v) is 15.4. The van der Waals surface area contributed by atoms with Crippen molar-refractivity contribution in [1.82, 2.24) is 0 Å². The minimum Gasteiger partial charge on any atom is -0.454 e. The summed E-state index contributed by atoms with van der Waals surface area (Å²) in [5.74, 6) is 0.304. The van der Waals surface area contributed by atoms with Crippen LogP contribution >= 0.6 is 0 Å². The maximum atomic E-state index is 10.4. The minimum atomic E-state index is 0.151. The van der Waals surface area contributed by atoms with Crippen LogP contribution in [0.4, 0.5) is 39.8 Å². The molecule has 14 rings (SSSR count). The molecule has 0 atom stereocenters. The summed E-state index contributed by atoms with van der Waals surface area (Å²) < 4.78 is 13.8. The van der Waals surface area contributed by atoms with Crippen LogP contribution in [0.2, 0.25) is 0 Å². The van der Waals surface area contributed by atoms with Crippen molar-refractivity contribution in [2.24, 2.45) is 0 Å². The molecule has 0 spiro atoms. The highest BCUT2D eigenvalue weighted by Gasteiger charge is 2.30. The molecule has 0 aliphatic heterocycles. The topological polar surface area (TPSA) is 60.9 Å². The van der Waals surface area contributed by atoms with Gasteiger partial charge in [-0.05, 0) is 110 Å². The van der Waals surface area contributed by atoms with Crippen molar-refractivity contribution in [3.8, 4) is 6.07 Å². The van der Waals surface area contributed by atoms with Crippen LogP contribution in [-0.4, -0.2) is 0 Å². The molecular formula is C68H46N4O2. The molecule has 0 N–H and O–H groups in total. The van der Waals surface area contributed by atoms with E-state index in [1.54, 1.807) is 0 Å². The summed E-state index contributed by atoms with van der Waals surface area (Å²) in [6.45, 7) is 17.4. The lowest BCUT2D eigenvalue weighted by Gasteiger charge is -2.32. The number of furan rings is 2. The second kappa shape index (κ2) is 16.5. The van der Waals surface area contributed by atoms with Gasteiger partial charge in [-0.15, -0.1) is 0 Å². The summed E-state index contributed by atoms with van der Waals surface area (Å²) in [6.07, 6.45) is 0.